The third kappa shape index (κ3) is 3.47. The first-order valence-electron chi connectivity index (χ1n) is 10.0. The topological polar surface area (TPSA) is 127 Å². The minimum absolute atomic E-state index is 0.0753. The highest BCUT2D eigenvalue weighted by atomic mass is 16.5. The Morgan fingerprint density at radius 2 is 1.88 bits per heavy atom. The number of rotatable bonds is 5. The smallest absolute Gasteiger partial charge is 0.264 e. The number of anilines is 2. The highest BCUT2D eigenvalue weighted by molar-refractivity contribution is 5.94. The Balaban J connectivity index is 1.68. The van der Waals surface area contributed by atoms with Crippen LogP contribution in [0.25, 0.3) is 33.1 Å². The lowest BCUT2D eigenvalue weighted by Gasteiger charge is -2.13. The van der Waals surface area contributed by atoms with Gasteiger partial charge in [-0.15, -0.1) is 5.10 Å². The minimum atomic E-state index is -0.228. The zero-order valence-electron chi connectivity index (χ0n) is 18.1. The summed E-state index contributed by atoms with van der Waals surface area (Å²) < 4.78 is 12.2. The number of aryl methyl sites for hydroxylation is 1. The quantitative estimate of drug-likeness (QED) is 0.377. The number of aromatic nitrogens is 5. The number of pyridine rings is 1. The van der Waals surface area contributed by atoms with Gasteiger partial charge in [0, 0.05) is 18.3 Å². The molecule has 0 aliphatic carbocycles. The summed E-state index contributed by atoms with van der Waals surface area (Å²) in [7, 11) is 4.78. The van der Waals surface area contributed by atoms with Gasteiger partial charge in [-0.05, 0) is 42.5 Å². The van der Waals surface area contributed by atoms with Crippen LogP contribution in [0, 0.1) is 0 Å². The van der Waals surface area contributed by atoms with Gasteiger partial charge in [-0.3, -0.25) is 9.89 Å². The van der Waals surface area contributed by atoms with Crippen LogP contribution in [0.3, 0.4) is 0 Å². The van der Waals surface area contributed by atoms with Crippen LogP contribution in [0.1, 0.15) is 0 Å². The minimum Gasteiger partial charge on any atom is -0.493 e. The van der Waals surface area contributed by atoms with Crippen molar-refractivity contribution in [1.29, 1.82) is 0 Å². The van der Waals surface area contributed by atoms with Gasteiger partial charge in [-0.2, -0.15) is 0 Å². The van der Waals surface area contributed by atoms with Gasteiger partial charge in [0.15, 0.2) is 11.5 Å². The number of benzene rings is 2. The summed E-state index contributed by atoms with van der Waals surface area (Å²) >= 11 is 0. The van der Waals surface area contributed by atoms with E-state index in [2.05, 4.69) is 20.5 Å². The predicted octanol–water partition coefficient (Wildman–Crippen LogP) is 3.34. The molecule has 5 aromatic rings. The van der Waals surface area contributed by atoms with E-state index in [0.29, 0.717) is 50.5 Å². The molecule has 0 saturated heterocycles. The highest BCUT2D eigenvalue weighted by Crippen LogP contribution is 2.34. The molecule has 10 heteroatoms. The van der Waals surface area contributed by atoms with Gasteiger partial charge in [0.25, 0.3) is 5.56 Å². The molecule has 0 amide bonds. The van der Waals surface area contributed by atoms with Crippen molar-refractivity contribution < 1.29 is 14.6 Å². The molecule has 33 heavy (non-hydrogen) atoms. The number of aromatic hydroxyl groups is 1. The molecule has 166 valence electrons. The second-order valence-electron chi connectivity index (χ2n) is 7.41. The molecule has 3 heterocycles. The largest absolute Gasteiger partial charge is 0.493 e. The van der Waals surface area contributed by atoms with Crippen LogP contribution in [0.2, 0.25) is 0 Å². The molecule has 0 fully saturated rings. The maximum absolute atomic E-state index is 12.9. The number of H-pyrrole nitrogens is 1. The predicted molar refractivity (Wildman–Crippen MR) is 124 cm³/mol. The van der Waals surface area contributed by atoms with E-state index in [1.54, 1.807) is 51.6 Å². The first kappa shape index (κ1) is 20.3. The second-order valence-corrected chi connectivity index (χ2v) is 7.41. The summed E-state index contributed by atoms with van der Waals surface area (Å²) in [6, 6.07) is 12.5. The second kappa shape index (κ2) is 7.83. The van der Waals surface area contributed by atoms with Crippen molar-refractivity contribution in [2.45, 2.75) is 0 Å². The van der Waals surface area contributed by atoms with Crippen LogP contribution in [0.5, 0.6) is 17.4 Å². The number of ether oxygens (including phenoxy) is 2. The van der Waals surface area contributed by atoms with E-state index in [1.807, 2.05) is 12.1 Å². The SMILES string of the molecule is COc1ccc(-c2cc3ncn(C)c(=O)c3c(Nc3ccc4c(O)n[nH]c4c3)n2)cc1OC. The molecular formula is C23H20N6O4. The molecule has 10 nitrogen and oxygen atoms in total. The van der Waals surface area contributed by atoms with Gasteiger partial charge in [0.05, 0.1) is 42.7 Å². The average molecular weight is 444 g/mol. The standard InChI is InChI=1S/C23H20N6O4/c1-29-11-24-17-10-15(12-4-7-18(32-2)19(8-12)33-3)26-21(20(17)23(29)31)25-13-5-6-14-16(9-13)27-28-22(14)30/h4-11H,1-3H3,(H,25,26)(H2,27,28,30). The zero-order chi connectivity index (χ0) is 23.1. The Bertz CT molecular complexity index is 1570. The fourth-order valence-electron chi connectivity index (χ4n) is 3.68. The van der Waals surface area contributed by atoms with Gasteiger partial charge in [-0.25, -0.2) is 9.97 Å². The lowest BCUT2D eigenvalue weighted by molar-refractivity contribution is 0.355. The fourth-order valence-corrected chi connectivity index (χ4v) is 3.68. The van der Waals surface area contributed by atoms with E-state index in [0.717, 1.165) is 5.56 Å². The van der Waals surface area contributed by atoms with Crippen LogP contribution in [0.15, 0.2) is 53.6 Å². The van der Waals surface area contributed by atoms with Gasteiger partial charge in [-0.1, -0.05) is 0 Å². The molecular weight excluding hydrogens is 424 g/mol. The van der Waals surface area contributed by atoms with Crippen molar-refractivity contribution in [2.75, 3.05) is 19.5 Å². The van der Waals surface area contributed by atoms with E-state index in [1.165, 1.54) is 10.9 Å². The monoisotopic (exact) mass is 444 g/mol. The number of fused-ring (bicyclic) bond motifs is 2. The van der Waals surface area contributed by atoms with Gasteiger partial charge in [0.2, 0.25) is 5.88 Å². The van der Waals surface area contributed by atoms with Crippen LogP contribution in [-0.2, 0) is 7.05 Å². The van der Waals surface area contributed by atoms with E-state index in [9.17, 15) is 9.90 Å². The normalized spacial score (nSPS) is 11.1. The van der Waals surface area contributed by atoms with Gasteiger partial charge < -0.3 is 24.5 Å². The van der Waals surface area contributed by atoms with Crippen LogP contribution in [0.4, 0.5) is 11.5 Å². The van der Waals surface area contributed by atoms with E-state index >= 15 is 0 Å². The van der Waals surface area contributed by atoms with Crippen molar-refractivity contribution in [2.24, 2.45) is 7.05 Å². The van der Waals surface area contributed by atoms with Crippen molar-refractivity contribution in [3.05, 3.63) is 59.1 Å². The van der Waals surface area contributed by atoms with Gasteiger partial charge >= 0.3 is 0 Å². The number of aromatic amines is 1. The molecule has 0 bridgehead atoms. The average Bonchev–Trinajstić information content (AvgIpc) is 3.20. The maximum atomic E-state index is 12.9. The summed E-state index contributed by atoms with van der Waals surface area (Å²) in [6.45, 7) is 0. The number of nitrogens with one attached hydrogen (secondary N) is 2. The van der Waals surface area contributed by atoms with E-state index in [-0.39, 0.29) is 11.4 Å². The lowest BCUT2D eigenvalue weighted by Crippen LogP contribution is -2.18. The van der Waals surface area contributed by atoms with Crippen molar-refractivity contribution in [3.63, 3.8) is 0 Å². The third-order valence-electron chi connectivity index (χ3n) is 5.39. The number of hydrogen-bond donors (Lipinski definition) is 3. The molecule has 2 aromatic carbocycles. The number of methoxy groups -OCH3 is 2. The molecule has 0 atom stereocenters. The first-order chi connectivity index (χ1) is 16.0. The Morgan fingerprint density at radius 3 is 2.67 bits per heavy atom. The van der Waals surface area contributed by atoms with Crippen LogP contribution in [-0.4, -0.2) is 44.1 Å². The molecule has 0 saturated carbocycles. The first-order valence-corrected chi connectivity index (χ1v) is 10.0. The molecule has 3 aromatic heterocycles. The van der Waals surface area contributed by atoms with Crippen LogP contribution >= 0.6 is 0 Å². The molecule has 0 unspecified atom stereocenters. The summed E-state index contributed by atoms with van der Waals surface area (Å²) in [6.07, 6.45) is 1.48. The summed E-state index contributed by atoms with van der Waals surface area (Å²) in [5.74, 6) is 1.44. The molecule has 0 aliphatic rings. The molecule has 0 radical (unpaired) electrons. The molecule has 0 aliphatic heterocycles. The Morgan fingerprint density at radius 1 is 1.06 bits per heavy atom. The van der Waals surface area contributed by atoms with Crippen molar-refractivity contribution >= 4 is 33.3 Å². The molecule has 0 spiro atoms. The van der Waals surface area contributed by atoms with E-state index in [4.69, 9.17) is 14.5 Å². The Labute approximate surface area is 187 Å². The summed E-state index contributed by atoms with van der Waals surface area (Å²) in [5.41, 5.74) is 2.95. The summed E-state index contributed by atoms with van der Waals surface area (Å²) in [4.78, 5) is 22.1. The Kier molecular flexibility index (Phi) is 4.82. The maximum Gasteiger partial charge on any atom is 0.264 e. The fraction of sp³-hybridized carbons (Fsp3) is 0.130. The summed E-state index contributed by atoms with van der Waals surface area (Å²) in [5, 5.41) is 20.5. The third-order valence-corrected chi connectivity index (χ3v) is 5.39. The van der Waals surface area contributed by atoms with Crippen molar-refractivity contribution in [3.8, 4) is 28.6 Å². The Hall–Kier alpha value is -4.60. The number of nitrogens with zero attached hydrogens (tertiary/aromatic N) is 4. The highest BCUT2D eigenvalue weighted by Gasteiger charge is 2.15. The molecule has 3 N–H and O–H groups in total. The van der Waals surface area contributed by atoms with Crippen LogP contribution < -0.4 is 20.3 Å². The number of hydrogen-bond acceptors (Lipinski definition) is 8. The van der Waals surface area contributed by atoms with Gasteiger partial charge in [0.1, 0.15) is 11.2 Å². The molecule has 5 rings (SSSR count). The van der Waals surface area contributed by atoms with E-state index < -0.39 is 0 Å². The lowest BCUT2D eigenvalue weighted by atomic mass is 10.1. The zero-order valence-corrected chi connectivity index (χ0v) is 18.1. The van der Waals surface area contributed by atoms with Crippen molar-refractivity contribution in [1.82, 2.24) is 24.7 Å².